The van der Waals surface area contributed by atoms with E-state index in [-0.39, 0.29) is 5.56 Å². The second kappa shape index (κ2) is 3.85. The highest BCUT2D eigenvalue weighted by Crippen LogP contribution is 2.37. The topological polar surface area (TPSA) is 66.9 Å². The highest BCUT2D eigenvalue weighted by molar-refractivity contribution is 5.97. The summed E-state index contributed by atoms with van der Waals surface area (Å²) in [7, 11) is 0. The van der Waals surface area contributed by atoms with Gasteiger partial charge in [0.1, 0.15) is 6.07 Å². The van der Waals surface area contributed by atoms with Gasteiger partial charge in [0.2, 0.25) is 0 Å². The number of hydrogen-bond acceptors (Lipinski definition) is 3. The van der Waals surface area contributed by atoms with Gasteiger partial charge in [-0.1, -0.05) is 0 Å². The summed E-state index contributed by atoms with van der Waals surface area (Å²) in [5.41, 5.74) is 2.46. The maximum Gasteiger partial charge on any atom is 0.419 e. The predicted molar refractivity (Wildman–Crippen MR) is 50.6 cm³/mol. The monoisotopic (exact) mass is 228 g/mol. The minimum absolute atomic E-state index is 0.294. The molecule has 0 aliphatic carbocycles. The van der Waals surface area contributed by atoms with Crippen LogP contribution in [-0.4, -0.2) is 5.78 Å². The molecule has 0 aromatic heterocycles. The normalized spacial score (nSPS) is 10.9. The average molecular weight is 228 g/mol. The van der Waals surface area contributed by atoms with E-state index in [1.54, 1.807) is 0 Å². The number of anilines is 1. The lowest BCUT2D eigenvalue weighted by molar-refractivity contribution is -0.137. The van der Waals surface area contributed by atoms with Crippen LogP contribution in [0.3, 0.4) is 0 Å². The number of alkyl halides is 3. The zero-order valence-corrected chi connectivity index (χ0v) is 8.22. The van der Waals surface area contributed by atoms with Gasteiger partial charge in [-0.25, -0.2) is 0 Å². The minimum atomic E-state index is -4.75. The van der Waals surface area contributed by atoms with E-state index in [1.165, 1.54) is 6.07 Å². The molecule has 6 heteroatoms. The fourth-order valence-electron chi connectivity index (χ4n) is 1.32. The van der Waals surface area contributed by atoms with Crippen molar-refractivity contribution in [3.8, 4) is 6.07 Å². The first-order chi connectivity index (χ1) is 7.29. The first-order valence-electron chi connectivity index (χ1n) is 4.19. The molecule has 0 saturated heterocycles. The van der Waals surface area contributed by atoms with Gasteiger partial charge in [0.25, 0.3) is 0 Å². The SMILES string of the molecule is CC(=O)c1ccc(C#N)c(N)c1C(F)(F)F. The van der Waals surface area contributed by atoms with E-state index < -0.39 is 28.8 Å². The van der Waals surface area contributed by atoms with Crippen molar-refractivity contribution in [1.82, 2.24) is 0 Å². The van der Waals surface area contributed by atoms with Crippen LogP contribution < -0.4 is 5.73 Å². The standard InChI is InChI=1S/C10H7F3N2O/c1-5(16)7-3-2-6(4-14)9(15)8(7)10(11,12)13/h2-3H,15H2,1H3. The largest absolute Gasteiger partial charge is 0.419 e. The third-order valence-corrected chi connectivity index (χ3v) is 2.03. The summed E-state index contributed by atoms with van der Waals surface area (Å²) in [6, 6.07) is 3.59. The van der Waals surface area contributed by atoms with E-state index in [2.05, 4.69) is 0 Å². The molecule has 0 fully saturated rings. The molecule has 16 heavy (non-hydrogen) atoms. The summed E-state index contributed by atoms with van der Waals surface area (Å²) in [5.74, 6) is -0.747. The van der Waals surface area contributed by atoms with Gasteiger partial charge in [-0.3, -0.25) is 4.79 Å². The van der Waals surface area contributed by atoms with Crippen molar-refractivity contribution in [1.29, 1.82) is 5.26 Å². The molecule has 0 aliphatic heterocycles. The number of halogens is 3. The molecule has 0 spiro atoms. The van der Waals surface area contributed by atoms with Crippen LogP contribution in [0.2, 0.25) is 0 Å². The Kier molecular flexibility index (Phi) is 2.90. The quantitative estimate of drug-likeness (QED) is 0.592. The molecular weight excluding hydrogens is 221 g/mol. The molecule has 0 bridgehead atoms. The molecule has 0 saturated carbocycles. The van der Waals surface area contributed by atoms with Gasteiger partial charge in [0.05, 0.1) is 16.8 Å². The summed E-state index contributed by atoms with van der Waals surface area (Å²) in [6.07, 6.45) is -4.75. The fourth-order valence-corrected chi connectivity index (χ4v) is 1.32. The first kappa shape index (κ1) is 12.0. The van der Waals surface area contributed by atoms with Crippen molar-refractivity contribution < 1.29 is 18.0 Å². The summed E-state index contributed by atoms with van der Waals surface area (Å²) in [4.78, 5) is 11.0. The molecule has 1 aromatic rings. The Bertz CT molecular complexity index is 486. The molecule has 0 amide bonds. The number of rotatable bonds is 1. The molecule has 0 heterocycles. The van der Waals surface area contributed by atoms with Crippen LogP contribution in [0.5, 0.6) is 0 Å². The summed E-state index contributed by atoms with van der Waals surface area (Å²) >= 11 is 0. The molecule has 1 rings (SSSR count). The predicted octanol–water partition coefficient (Wildman–Crippen LogP) is 2.36. The molecule has 84 valence electrons. The summed E-state index contributed by atoms with van der Waals surface area (Å²) < 4.78 is 37.9. The Labute approximate surface area is 89.3 Å². The van der Waals surface area contributed by atoms with Crippen molar-refractivity contribution in [3.05, 3.63) is 28.8 Å². The number of nitriles is 1. The van der Waals surface area contributed by atoms with Crippen molar-refractivity contribution in [2.45, 2.75) is 13.1 Å². The lowest BCUT2D eigenvalue weighted by atomic mass is 9.98. The number of nitrogens with zero attached hydrogens (tertiary/aromatic N) is 1. The van der Waals surface area contributed by atoms with Crippen LogP contribution in [0.1, 0.15) is 28.4 Å². The maximum atomic E-state index is 12.6. The third kappa shape index (κ3) is 1.98. The second-order valence-corrected chi connectivity index (χ2v) is 3.12. The highest BCUT2D eigenvalue weighted by atomic mass is 19.4. The second-order valence-electron chi connectivity index (χ2n) is 3.12. The van der Waals surface area contributed by atoms with Crippen LogP contribution >= 0.6 is 0 Å². The molecule has 0 aliphatic rings. The van der Waals surface area contributed by atoms with E-state index in [9.17, 15) is 18.0 Å². The lowest BCUT2D eigenvalue weighted by Gasteiger charge is -2.14. The van der Waals surface area contributed by atoms with Gasteiger partial charge in [-0.2, -0.15) is 18.4 Å². The summed E-state index contributed by atoms with van der Waals surface area (Å²) in [6.45, 7) is 1.01. The highest BCUT2D eigenvalue weighted by Gasteiger charge is 2.37. The number of Topliss-reactive ketones (excluding diaryl/α,β-unsaturated/α-hetero) is 1. The molecule has 1 aromatic carbocycles. The van der Waals surface area contributed by atoms with Crippen LogP contribution in [0.25, 0.3) is 0 Å². The third-order valence-electron chi connectivity index (χ3n) is 2.03. The Morgan fingerprint density at radius 3 is 2.38 bits per heavy atom. The first-order valence-corrected chi connectivity index (χ1v) is 4.19. The lowest BCUT2D eigenvalue weighted by Crippen LogP contribution is -2.15. The van der Waals surface area contributed by atoms with Gasteiger partial charge < -0.3 is 5.73 Å². The van der Waals surface area contributed by atoms with Gasteiger partial charge in [-0.05, 0) is 19.1 Å². The minimum Gasteiger partial charge on any atom is -0.397 e. The van der Waals surface area contributed by atoms with Crippen LogP contribution in [0, 0.1) is 11.3 Å². The van der Waals surface area contributed by atoms with Gasteiger partial charge in [-0.15, -0.1) is 0 Å². The van der Waals surface area contributed by atoms with E-state index in [0.29, 0.717) is 0 Å². The number of benzene rings is 1. The maximum absolute atomic E-state index is 12.6. The average Bonchev–Trinajstić information content (AvgIpc) is 2.14. The molecule has 0 atom stereocenters. The number of nitrogens with two attached hydrogens (primary N) is 1. The molecular formula is C10H7F3N2O. The zero-order valence-electron chi connectivity index (χ0n) is 8.22. The van der Waals surface area contributed by atoms with Crippen LogP contribution in [-0.2, 0) is 6.18 Å². The Morgan fingerprint density at radius 2 is 2.00 bits per heavy atom. The number of carbonyl (C=O) groups is 1. The van der Waals surface area contributed by atoms with E-state index in [0.717, 1.165) is 19.1 Å². The number of carbonyl (C=O) groups excluding carboxylic acids is 1. The van der Waals surface area contributed by atoms with E-state index in [4.69, 9.17) is 11.0 Å². The van der Waals surface area contributed by atoms with Crippen molar-refractivity contribution in [2.75, 3.05) is 5.73 Å². The number of nitrogen functional groups attached to an aromatic ring is 1. The van der Waals surface area contributed by atoms with Gasteiger partial charge in [0, 0.05) is 5.56 Å². The molecule has 3 nitrogen and oxygen atoms in total. The Morgan fingerprint density at radius 1 is 1.44 bits per heavy atom. The van der Waals surface area contributed by atoms with Crippen LogP contribution in [0.4, 0.5) is 18.9 Å². The van der Waals surface area contributed by atoms with Gasteiger partial charge >= 0.3 is 6.18 Å². The molecule has 0 unspecified atom stereocenters. The Hall–Kier alpha value is -2.03. The van der Waals surface area contributed by atoms with Crippen molar-refractivity contribution in [3.63, 3.8) is 0 Å². The Balaban J connectivity index is 3.64. The van der Waals surface area contributed by atoms with E-state index >= 15 is 0 Å². The molecule has 0 radical (unpaired) electrons. The smallest absolute Gasteiger partial charge is 0.397 e. The van der Waals surface area contributed by atoms with Gasteiger partial charge in [0.15, 0.2) is 5.78 Å². The molecule has 2 N–H and O–H groups in total. The summed E-state index contributed by atoms with van der Waals surface area (Å²) in [5, 5.41) is 8.56. The van der Waals surface area contributed by atoms with Crippen molar-refractivity contribution in [2.24, 2.45) is 0 Å². The number of hydrogen-bond donors (Lipinski definition) is 1. The van der Waals surface area contributed by atoms with Crippen LogP contribution in [0.15, 0.2) is 12.1 Å². The van der Waals surface area contributed by atoms with Crippen molar-refractivity contribution >= 4 is 11.5 Å². The fraction of sp³-hybridized carbons (Fsp3) is 0.200. The van der Waals surface area contributed by atoms with E-state index in [1.807, 2.05) is 0 Å². The zero-order chi connectivity index (χ0) is 12.5. The number of ketones is 1.